The van der Waals surface area contributed by atoms with Gasteiger partial charge in [-0.3, -0.25) is 0 Å². The summed E-state index contributed by atoms with van der Waals surface area (Å²) in [6.45, 7) is 11.1. The van der Waals surface area contributed by atoms with Crippen LogP contribution >= 0.6 is 0 Å². The predicted octanol–water partition coefficient (Wildman–Crippen LogP) is 6.93. The molecule has 0 bridgehead atoms. The van der Waals surface area contributed by atoms with Crippen LogP contribution in [0.2, 0.25) is 0 Å². The zero-order chi connectivity index (χ0) is 23.5. The highest BCUT2D eigenvalue weighted by molar-refractivity contribution is 5.92. The minimum Gasteiger partial charge on any atom is -0.456 e. The van der Waals surface area contributed by atoms with E-state index in [0.29, 0.717) is 11.1 Å². The summed E-state index contributed by atoms with van der Waals surface area (Å²) in [4.78, 5) is 24.6. The molecule has 0 radical (unpaired) electrons. The van der Waals surface area contributed by atoms with Gasteiger partial charge in [0.2, 0.25) is 0 Å². The van der Waals surface area contributed by atoms with E-state index in [1.54, 1.807) is 24.3 Å². The van der Waals surface area contributed by atoms with Gasteiger partial charge in [0.25, 0.3) is 0 Å². The van der Waals surface area contributed by atoms with Crippen molar-refractivity contribution in [2.24, 2.45) is 0 Å². The van der Waals surface area contributed by atoms with E-state index in [4.69, 9.17) is 9.47 Å². The number of carbonyl (C=O) groups excluding carboxylic acids is 2. The molecule has 0 aliphatic carbocycles. The Labute approximate surface area is 190 Å². The molecule has 0 saturated carbocycles. The number of carbonyl (C=O) groups is 2. The fourth-order valence-corrected chi connectivity index (χ4v) is 3.23. The first-order chi connectivity index (χ1) is 14.9. The molecule has 0 aliphatic heterocycles. The molecular weight excluding hydrogens is 400 g/mol. The molecule has 3 rings (SSSR count). The second kappa shape index (κ2) is 8.99. The van der Waals surface area contributed by atoms with E-state index < -0.39 is 11.2 Å². The van der Waals surface area contributed by atoms with E-state index in [1.165, 1.54) is 0 Å². The summed E-state index contributed by atoms with van der Waals surface area (Å²) >= 11 is 0. The highest BCUT2D eigenvalue weighted by Gasteiger charge is 2.19. The van der Waals surface area contributed by atoms with E-state index >= 15 is 0 Å². The van der Waals surface area contributed by atoms with Crippen LogP contribution in [-0.2, 0) is 9.47 Å². The fraction of sp³-hybridized carbons (Fsp3) is 0.286. The van der Waals surface area contributed by atoms with Crippen molar-refractivity contribution in [3.05, 3.63) is 83.9 Å². The Kier molecular flexibility index (Phi) is 6.54. The van der Waals surface area contributed by atoms with Gasteiger partial charge >= 0.3 is 11.9 Å². The van der Waals surface area contributed by atoms with Crippen molar-refractivity contribution < 1.29 is 19.1 Å². The molecular formula is C28H30O4. The zero-order valence-electron chi connectivity index (χ0n) is 19.6. The van der Waals surface area contributed by atoms with E-state index in [9.17, 15) is 9.59 Å². The van der Waals surface area contributed by atoms with Crippen molar-refractivity contribution >= 4 is 11.9 Å². The lowest BCUT2D eigenvalue weighted by Crippen LogP contribution is -2.23. The SMILES string of the molecule is CC(C)(C)OC(=O)c1ccc(-c2ccccc2-c2ccc(C(=O)OC(C)(C)C)cc2)cc1. The van der Waals surface area contributed by atoms with E-state index in [0.717, 1.165) is 22.3 Å². The third-order valence-electron chi connectivity index (χ3n) is 4.59. The first-order valence-corrected chi connectivity index (χ1v) is 10.7. The smallest absolute Gasteiger partial charge is 0.338 e. The molecule has 32 heavy (non-hydrogen) atoms. The summed E-state index contributed by atoms with van der Waals surface area (Å²) in [6.07, 6.45) is 0. The largest absolute Gasteiger partial charge is 0.456 e. The topological polar surface area (TPSA) is 52.6 Å². The molecule has 0 aliphatic rings. The van der Waals surface area contributed by atoms with Crippen LogP contribution in [0.3, 0.4) is 0 Å². The summed E-state index contributed by atoms with van der Waals surface area (Å²) in [7, 11) is 0. The lowest BCUT2D eigenvalue weighted by molar-refractivity contribution is 0.00570. The first-order valence-electron chi connectivity index (χ1n) is 10.7. The molecule has 3 aromatic rings. The van der Waals surface area contributed by atoms with Crippen molar-refractivity contribution in [3.63, 3.8) is 0 Å². The second-order valence-electron chi connectivity index (χ2n) is 9.70. The fourth-order valence-electron chi connectivity index (χ4n) is 3.23. The Morgan fingerprint density at radius 2 is 0.844 bits per heavy atom. The summed E-state index contributed by atoms with van der Waals surface area (Å²) in [6, 6.07) is 22.9. The Bertz CT molecular complexity index is 1010. The van der Waals surface area contributed by atoms with Crippen LogP contribution in [-0.4, -0.2) is 23.1 Å². The standard InChI is InChI=1S/C28H30O4/c1-27(2,3)31-25(29)21-15-11-19(12-16-21)23-9-7-8-10-24(23)20-13-17-22(18-14-20)26(30)32-28(4,5)6/h7-18H,1-6H3. The maximum atomic E-state index is 12.3. The van der Waals surface area contributed by atoms with Crippen molar-refractivity contribution in [3.8, 4) is 22.3 Å². The van der Waals surface area contributed by atoms with Crippen molar-refractivity contribution in [1.82, 2.24) is 0 Å². The number of hydrogen-bond acceptors (Lipinski definition) is 4. The van der Waals surface area contributed by atoms with Gasteiger partial charge in [0.1, 0.15) is 11.2 Å². The Morgan fingerprint density at radius 3 is 1.12 bits per heavy atom. The van der Waals surface area contributed by atoms with Gasteiger partial charge in [-0.15, -0.1) is 0 Å². The Balaban J connectivity index is 1.87. The average molecular weight is 431 g/mol. The molecule has 0 unspecified atom stereocenters. The molecule has 0 saturated heterocycles. The van der Waals surface area contributed by atoms with Gasteiger partial charge in [0, 0.05) is 0 Å². The van der Waals surface area contributed by atoms with E-state index in [2.05, 4.69) is 0 Å². The molecule has 0 aromatic heterocycles. The second-order valence-corrected chi connectivity index (χ2v) is 9.70. The van der Waals surface area contributed by atoms with Crippen molar-refractivity contribution in [2.75, 3.05) is 0 Å². The molecule has 0 heterocycles. The van der Waals surface area contributed by atoms with Crippen molar-refractivity contribution in [1.29, 1.82) is 0 Å². The van der Waals surface area contributed by atoms with Crippen LogP contribution in [0.5, 0.6) is 0 Å². The molecule has 0 spiro atoms. The third-order valence-corrected chi connectivity index (χ3v) is 4.59. The molecule has 3 aromatic carbocycles. The Morgan fingerprint density at radius 1 is 0.531 bits per heavy atom. The highest BCUT2D eigenvalue weighted by atomic mass is 16.6. The monoisotopic (exact) mass is 430 g/mol. The molecule has 0 fully saturated rings. The summed E-state index contributed by atoms with van der Waals surface area (Å²) in [5, 5.41) is 0. The maximum Gasteiger partial charge on any atom is 0.338 e. The number of benzene rings is 3. The molecule has 0 atom stereocenters. The number of rotatable bonds is 4. The van der Waals surface area contributed by atoms with Gasteiger partial charge in [-0.05, 0) is 88.1 Å². The quantitative estimate of drug-likeness (QED) is 0.421. The van der Waals surface area contributed by atoms with Crippen LogP contribution in [0.4, 0.5) is 0 Å². The molecule has 4 nitrogen and oxygen atoms in total. The van der Waals surface area contributed by atoms with Crippen molar-refractivity contribution in [2.45, 2.75) is 52.7 Å². The number of ether oxygens (including phenoxy) is 2. The number of hydrogen-bond donors (Lipinski definition) is 0. The summed E-state index contributed by atoms with van der Waals surface area (Å²) in [5.41, 5.74) is 4.02. The minimum atomic E-state index is -0.534. The third kappa shape index (κ3) is 6.07. The average Bonchev–Trinajstić information content (AvgIpc) is 2.71. The van der Waals surface area contributed by atoms with Crippen LogP contribution in [0.1, 0.15) is 62.3 Å². The zero-order valence-corrected chi connectivity index (χ0v) is 19.6. The molecule has 4 heteroatoms. The molecule has 0 amide bonds. The minimum absolute atomic E-state index is 0.338. The number of esters is 2. The van der Waals surface area contributed by atoms with E-state index in [-0.39, 0.29) is 11.9 Å². The lowest BCUT2D eigenvalue weighted by Gasteiger charge is -2.20. The summed E-state index contributed by atoms with van der Waals surface area (Å²) < 4.78 is 10.9. The predicted molar refractivity (Wildman–Crippen MR) is 128 cm³/mol. The molecule has 166 valence electrons. The van der Waals surface area contributed by atoms with Gasteiger partial charge in [-0.25, -0.2) is 9.59 Å². The lowest BCUT2D eigenvalue weighted by atomic mass is 9.93. The molecule has 0 N–H and O–H groups in total. The van der Waals surface area contributed by atoms with Gasteiger partial charge in [-0.1, -0.05) is 48.5 Å². The highest BCUT2D eigenvalue weighted by Crippen LogP contribution is 2.32. The van der Waals surface area contributed by atoms with Gasteiger partial charge in [0.15, 0.2) is 0 Å². The van der Waals surface area contributed by atoms with Crippen LogP contribution in [0, 0.1) is 0 Å². The van der Waals surface area contributed by atoms with Gasteiger partial charge in [0.05, 0.1) is 11.1 Å². The van der Waals surface area contributed by atoms with E-state index in [1.807, 2.05) is 90.1 Å². The van der Waals surface area contributed by atoms with Crippen LogP contribution < -0.4 is 0 Å². The maximum absolute atomic E-state index is 12.3. The normalized spacial score (nSPS) is 11.7. The van der Waals surface area contributed by atoms with Gasteiger partial charge < -0.3 is 9.47 Å². The first kappa shape index (κ1) is 23.3. The van der Waals surface area contributed by atoms with Crippen LogP contribution in [0.25, 0.3) is 22.3 Å². The summed E-state index contributed by atoms with van der Waals surface area (Å²) in [5.74, 6) is -0.676. The Hall–Kier alpha value is -3.40. The van der Waals surface area contributed by atoms with Crippen LogP contribution in [0.15, 0.2) is 72.8 Å². The van der Waals surface area contributed by atoms with Gasteiger partial charge in [-0.2, -0.15) is 0 Å².